The number of aromatic nitrogens is 1. The van der Waals surface area contributed by atoms with Crippen molar-refractivity contribution in [2.75, 3.05) is 6.54 Å². The van der Waals surface area contributed by atoms with Crippen LogP contribution in [0.1, 0.15) is 42.6 Å². The molecule has 1 unspecified atom stereocenters. The van der Waals surface area contributed by atoms with Crippen LogP contribution in [0.4, 0.5) is 0 Å². The Balaban J connectivity index is 2.03. The first kappa shape index (κ1) is 12.6. The topological polar surface area (TPSA) is 83.6 Å². The van der Waals surface area contributed by atoms with Crippen molar-refractivity contribution in [1.29, 1.82) is 0 Å². The smallest absolute Gasteiger partial charge is 0.303 e. The standard InChI is InChI=1S/C12H16N2O4/c15-11(16)5-4-9-3-1-2-7-14(9)12(17)10-6-8-18-13-10/h6,8-9H,1-5,7H2,(H,15,16). The molecule has 1 N–H and O–H groups in total. The number of piperidine rings is 1. The summed E-state index contributed by atoms with van der Waals surface area (Å²) in [6.45, 7) is 0.663. The Morgan fingerprint density at radius 2 is 2.33 bits per heavy atom. The van der Waals surface area contributed by atoms with Crippen LogP contribution in [0.3, 0.4) is 0 Å². The summed E-state index contributed by atoms with van der Waals surface area (Å²) in [4.78, 5) is 24.5. The minimum Gasteiger partial charge on any atom is -0.481 e. The molecule has 6 heteroatoms. The molecule has 98 valence electrons. The van der Waals surface area contributed by atoms with Crippen LogP contribution in [0.25, 0.3) is 0 Å². The number of carbonyl (C=O) groups excluding carboxylic acids is 1. The van der Waals surface area contributed by atoms with Crippen molar-refractivity contribution in [3.63, 3.8) is 0 Å². The lowest BCUT2D eigenvalue weighted by Gasteiger charge is -2.35. The minimum absolute atomic E-state index is 0.000880. The fraction of sp³-hybridized carbons (Fsp3) is 0.583. The molecule has 1 fully saturated rings. The second-order valence-electron chi connectivity index (χ2n) is 4.47. The third kappa shape index (κ3) is 2.88. The average Bonchev–Trinajstić information content (AvgIpc) is 2.89. The third-order valence-corrected chi connectivity index (χ3v) is 3.24. The molecule has 1 aliphatic rings. The number of hydrogen-bond acceptors (Lipinski definition) is 4. The Hall–Kier alpha value is -1.85. The molecule has 0 aliphatic carbocycles. The van der Waals surface area contributed by atoms with Crippen LogP contribution >= 0.6 is 0 Å². The fourth-order valence-electron chi connectivity index (χ4n) is 2.33. The molecule has 1 atom stereocenters. The summed E-state index contributed by atoms with van der Waals surface area (Å²) in [5, 5.41) is 12.4. The molecular weight excluding hydrogens is 236 g/mol. The zero-order valence-corrected chi connectivity index (χ0v) is 10.0. The lowest BCUT2D eigenvalue weighted by Crippen LogP contribution is -2.44. The van der Waals surface area contributed by atoms with Gasteiger partial charge in [0.1, 0.15) is 6.26 Å². The van der Waals surface area contributed by atoms with Crippen LogP contribution in [0, 0.1) is 0 Å². The molecule has 1 aromatic rings. The summed E-state index contributed by atoms with van der Waals surface area (Å²) in [5.74, 6) is -0.992. The van der Waals surface area contributed by atoms with Crippen LogP contribution in [0.2, 0.25) is 0 Å². The van der Waals surface area contributed by atoms with Crippen LogP contribution in [-0.2, 0) is 4.79 Å². The zero-order chi connectivity index (χ0) is 13.0. The van der Waals surface area contributed by atoms with Gasteiger partial charge in [-0.15, -0.1) is 0 Å². The molecule has 2 heterocycles. The van der Waals surface area contributed by atoms with E-state index in [1.54, 1.807) is 4.90 Å². The van der Waals surface area contributed by atoms with Gasteiger partial charge in [-0.25, -0.2) is 0 Å². The Morgan fingerprint density at radius 3 is 3.00 bits per heavy atom. The monoisotopic (exact) mass is 252 g/mol. The van der Waals surface area contributed by atoms with Crippen LogP contribution in [-0.4, -0.2) is 39.6 Å². The van der Waals surface area contributed by atoms with Crippen molar-refractivity contribution in [2.45, 2.75) is 38.1 Å². The highest BCUT2D eigenvalue weighted by Gasteiger charge is 2.28. The Morgan fingerprint density at radius 1 is 1.50 bits per heavy atom. The second kappa shape index (κ2) is 5.66. The molecule has 1 amide bonds. The number of carbonyl (C=O) groups is 2. The molecule has 0 spiro atoms. The summed E-state index contributed by atoms with van der Waals surface area (Å²) >= 11 is 0. The lowest BCUT2D eigenvalue weighted by molar-refractivity contribution is -0.137. The van der Waals surface area contributed by atoms with Crippen molar-refractivity contribution in [3.8, 4) is 0 Å². The van der Waals surface area contributed by atoms with Gasteiger partial charge in [-0.05, 0) is 25.7 Å². The quantitative estimate of drug-likeness (QED) is 0.878. The first-order chi connectivity index (χ1) is 8.68. The number of amides is 1. The summed E-state index contributed by atoms with van der Waals surface area (Å²) in [6.07, 6.45) is 4.80. The first-order valence-corrected chi connectivity index (χ1v) is 6.11. The zero-order valence-electron chi connectivity index (χ0n) is 10.0. The van der Waals surface area contributed by atoms with E-state index in [0.717, 1.165) is 19.3 Å². The molecular formula is C12H16N2O4. The lowest BCUT2D eigenvalue weighted by atomic mass is 9.97. The average molecular weight is 252 g/mol. The maximum Gasteiger partial charge on any atom is 0.303 e. The van der Waals surface area contributed by atoms with Crippen LogP contribution in [0.15, 0.2) is 16.9 Å². The first-order valence-electron chi connectivity index (χ1n) is 6.11. The van der Waals surface area contributed by atoms with Gasteiger partial charge in [-0.2, -0.15) is 0 Å². The highest BCUT2D eigenvalue weighted by Crippen LogP contribution is 2.22. The summed E-state index contributed by atoms with van der Waals surface area (Å²) < 4.78 is 4.67. The minimum atomic E-state index is -0.825. The molecule has 6 nitrogen and oxygen atoms in total. The normalized spacial score (nSPS) is 19.8. The van der Waals surface area contributed by atoms with Crippen molar-refractivity contribution in [1.82, 2.24) is 10.1 Å². The number of aliphatic carboxylic acids is 1. The summed E-state index contributed by atoms with van der Waals surface area (Å²) in [5.41, 5.74) is 0.289. The second-order valence-corrected chi connectivity index (χ2v) is 4.47. The number of rotatable bonds is 4. The van der Waals surface area contributed by atoms with Gasteiger partial charge in [0.05, 0.1) is 0 Å². The molecule has 0 radical (unpaired) electrons. The van der Waals surface area contributed by atoms with Crippen molar-refractivity contribution in [3.05, 3.63) is 18.0 Å². The maximum atomic E-state index is 12.2. The van der Waals surface area contributed by atoms with Gasteiger partial charge in [0, 0.05) is 25.1 Å². The van der Waals surface area contributed by atoms with Gasteiger partial charge in [-0.3, -0.25) is 9.59 Å². The van der Waals surface area contributed by atoms with Crippen LogP contribution in [0.5, 0.6) is 0 Å². The van der Waals surface area contributed by atoms with E-state index >= 15 is 0 Å². The molecule has 1 aliphatic heterocycles. The van der Waals surface area contributed by atoms with Crippen molar-refractivity contribution >= 4 is 11.9 Å². The number of carboxylic acids is 1. The molecule has 0 bridgehead atoms. The molecule has 2 rings (SSSR count). The van der Waals surface area contributed by atoms with Crippen LogP contribution < -0.4 is 0 Å². The number of hydrogen-bond donors (Lipinski definition) is 1. The van der Waals surface area contributed by atoms with E-state index in [4.69, 9.17) is 5.11 Å². The number of nitrogens with zero attached hydrogens (tertiary/aromatic N) is 2. The van der Waals surface area contributed by atoms with Gasteiger partial charge in [0.25, 0.3) is 5.91 Å². The molecule has 0 saturated carbocycles. The van der Waals surface area contributed by atoms with Crippen molar-refractivity contribution in [2.24, 2.45) is 0 Å². The van der Waals surface area contributed by atoms with E-state index in [9.17, 15) is 9.59 Å². The van der Waals surface area contributed by atoms with Gasteiger partial charge in [-0.1, -0.05) is 5.16 Å². The maximum absolute atomic E-state index is 12.2. The predicted molar refractivity (Wildman–Crippen MR) is 62.0 cm³/mol. The Kier molecular flexibility index (Phi) is 3.96. The predicted octanol–water partition coefficient (Wildman–Crippen LogP) is 1.53. The SMILES string of the molecule is O=C(O)CCC1CCCCN1C(=O)c1ccon1. The van der Waals surface area contributed by atoms with Gasteiger partial charge in [0.15, 0.2) is 5.69 Å². The van der Waals surface area contributed by atoms with Crippen molar-refractivity contribution < 1.29 is 19.2 Å². The Labute approximate surface area is 105 Å². The Bertz CT molecular complexity index is 416. The highest BCUT2D eigenvalue weighted by atomic mass is 16.5. The van der Waals surface area contributed by atoms with E-state index in [-0.39, 0.29) is 24.1 Å². The summed E-state index contributed by atoms with van der Waals surface area (Å²) in [7, 11) is 0. The fourth-order valence-corrected chi connectivity index (χ4v) is 2.33. The van der Waals surface area contributed by atoms with E-state index < -0.39 is 5.97 Å². The largest absolute Gasteiger partial charge is 0.481 e. The molecule has 0 aromatic carbocycles. The van der Waals surface area contributed by atoms with E-state index in [1.165, 1.54) is 12.3 Å². The van der Waals surface area contributed by atoms with E-state index in [1.807, 2.05) is 0 Å². The third-order valence-electron chi connectivity index (χ3n) is 3.24. The molecule has 1 saturated heterocycles. The molecule has 1 aromatic heterocycles. The summed E-state index contributed by atoms with van der Waals surface area (Å²) in [6, 6.07) is 1.53. The van der Waals surface area contributed by atoms with Gasteiger partial charge in [0.2, 0.25) is 0 Å². The van der Waals surface area contributed by atoms with Gasteiger partial charge >= 0.3 is 5.97 Å². The highest BCUT2D eigenvalue weighted by molar-refractivity contribution is 5.92. The number of carboxylic acid groups (broad SMARTS) is 1. The number of likely N-dealkylation sites (tertiary alicyclic amines) is 1. The molecule has 18 heavy (non-hydrogen) atoms. The van der Waals surface area contributed by atoms with E-state index in [2.05, 4.69) is 9.68 Å². The van der Waals surface area contributed by atoms with E-state index in [0.29, 0.717) is 13.0 Å². The van der Waals surface area contributed by atoms with Gasteiger partial charge < -0.3 is 14.5 Å².